The quantitative estimate of drug-likeness (QED) is 0.855. The van der Waals surface area contributed by atoms with Crippen molar-refractivity contribution in [3.63, 3.8) is 0 Å². The van der Waals surface area contributed by atoms with E-state index in [1.807, 2.05) is 0 Å². The van der Waals surface area contributed by atoms with Gasteiger partial charge in [0.1, 0.15) is 5.75 Å². The fourth-order valence-electron chi connectivity index (χ4n) is 1.55. The first-order valence-corrected chi connectivity index (χ1v) is 7.33. The van der Waals surface area contributed by atoms with E-state index in [2.05, 4.69) is 4.72 Å². The molecule has 0 aromatic heterocycles. The van der Waals surface area contributed by atoms with Crippen LogP contribution in [0.1, 0.15) is 5.56 Å². The molecule has 0 heterocycles. The van der Waals surface area contributed by atoms with Crippen LogP contribution in [0.4, 0.5) is 5.69 Å². The number of benzene rings is 2. The fourth-order valence-corrected chi connectivity index (χ4v) is 2.82. The van der Waals surface area contributed by atoms with Gasteiger partial charge in [-0.05, 0) is 42.8 Å². The van der Waals surface area contributed by atoms with Gasteiger partial charge in [-0.3, -0.25) is 4.72 Å². The summed E-state index contributed by atoms with van der Waals surface area (Å²) < 4.78 is 26.6. The fraction of sp³-hybridized carbons (Fsp3) is 0.0769. The Hall–Kier alpha value is -1.72. The average Bonchev–Trinajstić information content (AvgIpc) is 2.35. The van der Waals surface area contributed by atoms with E-state index in [0.29, 0.717) is 10.6 Å². The lowest BCUT2D eigenvalue weighted by Crippen LogP contribution is -2.13. The highest BCUT2D eigenvalue weighted by Gasteiger charge is 2.16. The second kappa shape index (κ2) is 5.11. The maximum atomic E-state index is 12.2. The number of para-hydroxylation sites is 2. The lowest BCUT2D eigenvalue weighted by Gasteiger charge is -2.10. The third kappa shape index (κ3) is 3.00. The maximum Gasteiger partial charge on any atom is 0.262 e. The first kappa shape index (κ1) is 13.7. The van der Waals surface area contributed by atoms with E-state index in [-0.39, 0.29) is 16.3 Å². The van der Waals surface area contributed by atoms with Crippen LogP contribution in [-0.4, -0.2) is 13.5 Å². The number of rotatable bonds is 3. The monoisotopic (exact) mass is 297 g/mol. The number of anilines is 1. The molecule has 6 heteroatoms. The molecule has 0 amide bonds. The molecule has 0 unspecified atom stereocenters. The zero-order valence-corrected chi connectivity index (χ0v) is 11.7. The highest BCUT2D eigenvalue weighted by atomic mass is 35.5. The zero-order chi connectivity index (χ0) is 14.0. The van der Waals surface area contributed by atoms with Crippen LogP contribution in [0.3, 0.4) is 0 Å². The van der Waals surface area contributed by atoms with Gasteiger partial charge >= 0.3 is 0 Å². The van der Waals surface area contributed by atoms with Gasteiger partial charge in [-0.25, -0.2) is 8.42 Å². The Labute approximate surface area is 116 Å². The number of halogens is 1. The number of phenolic OH excluding ortho intramolecular Hbond substituents is 1. The second-order valence-electron chi connectivity index (χ2n) is 4.03. The van der Waals surface area contributed by atoms with E-state index in [0.717, 1.165) is 0 Å². The highest BCUT2D eigenvalue weighted by molar-refractivity contribution is 7.92. The third-order valence-corrected chi connectivity index (χ3v) is 4.38. The van der Waals surface area contributed by atoms with Crippen molar-refractivity contribution in [2.45, 2.75) is 11.8 Å². The summed E-state index contributed by atoms with van der Waals surface area (Å²) in [6.07, 6.45) is 0. The van der Waals surface area contributed by atoms with Crippen LogP contribution in [0.2, 0.25) is 5.02 Å². The minimum atomic E-state index is -3.74. The Bertz CT molecular complexity index is 714. The summed E-state index contributed by atoms with van der Waals surface area (Å²) in [5, 5.41) is 10.1. The standard InChI is InChI=1S/C13H12ClNO3S/c1-9-8-10(6-7-11(9)14)19(17,18)15-12-4-2-3-5-13(12)16/h2-8,15-16H,1H3. The summed E-state index contributed by atoms with van der Waals surface area (Å²) in [4.78, 5) is 0.0950. The van der Waals surface area contributed by atoms with E-state index >= 15 is 0 Å². The number of hydrogen-bond acceptors (Lipinski definition) is 3. The summed E-state index contributed by atoms with van der Waals surface area (Å²) in [6, 6.07) is 10.5. The molecule has 100 valence electrons. The van der Waals surface area contributed by atoms with Gasteiger partial charge in [-0.1, -0.05) is 23.7 Å². The van der Waals surface area contributed by atoms with Gasteiger partial charge in [-0.15, -0.1) is 0 Å². The summed E-state index contributed by atoms with van der Waals surface area (Å²) in [7, 11) is -3.74. The molecule has 0 saturated heterocycles. The molecule has 0 aliphatic rings. The van der Waals surface area contributed by atoms with E-state index in [1.54, 1.807) is 19.1 Å². The van der Waals surface area contributed by atoms with Crippen LogP contribution in [0, 0.1) is 6.92 Å². The van der Waals surface area contributed by atoms with Crippen LogP contribution in [0.15, 0.2) is 47.4 Å². The molecule has 0 aliphatic carbocycles. The number of sulfonamides is 1. The second-order valence-corrected chi connectivity index (χ2v) is 6.12. The van der Waals surface area contributed by atoms with Gasteiger partial charge in [0.2, 0.25) is 0 Å². The van der Waals surface area contributed by atoms with E-state index in [4.69, 9.17) is 11.6 Å². The average molecular weight is 298 g/mol. The van der Waals surface area contributed by atoms with Crippen LogP contribution in [-0.2, 0) is 10.0 Å². The topological polar surface area (TPSA) is 66.4 Å². The van der Waals surface area contributed by atoms with Crippen molar-refractivity contribution in [2.75, 3.05) is 4.72 Å². The first-order valence-electron chi connectivity index (χ1n) is 5.47. The van der Waals surface area contributed by atoms with Crippen molar-refractivity contribution in [1.82, 2.24) is 0 Å². The Balaban J connectivity index is 2.38. The van der Waals surface area contributed by atoms with Gasteiger partial charge < -0.3 is 5.11 Å². The normalized spacial score (nSPS) is 11.3. The molecule has 2 rings (SSSR count). The molecule has 0 atom stereocenters. The van der Waals surface area contributed by atoms with Crippen molar-refractivity contribution in [3.05, 3.63) is 53.1 Å². The Morgan fingerprint density at radius 1 is 1.16 bits per heavy atom. The minimum absolute atomic E-state index is 0.0950. The van der Waals surface area contributed by atoms with Crippen LogP contribution >= 0.6 is 11.6 Å². The Morgan fingerprint density at radius 2 is 1.84 bits per heavy atom. The molecule has 0 spiro atoms. The molecular weight excluding hydrogens is 286 g/mol. The highest BCUT2D eigenvalue weighted by Crippen LogP contribution is 2.26. The minimum Gasteiger partial charge on any atom is -0.506 e. The zero-order valence-electron chi connectivity index (χ0n) is 10.1. The van der Waals surface area contributed by atoms with E-state index in [1.165, 1.54) is 30.3 Å². The molecular formula is C13H12ClNO3S. The summed E-state index contributed by atoms with van der Waals surface area (Å²) in [5.41, 5.74) is 0.803. The van der Waals surface area contributed by atoms with Crippen molar-refractivity contribution in [2.24, 2.45) is 0 Å². The predicted octanol–water partition coefficient (Wildman–Crippen LogP) is 3.15. The lowest BCUT2D eigenvalue weighted by molar-refractivity contribution is 0.477. The van der Waals surface area contributed by atoms with E-state index in [9.17, 15) is 13.5 Å². The first-order chi connectivity index (χ1) is 8.90. The van der Waals surface area contributed by atoms with Gasteiger partial charge in [0, 0.05) is 5.02 Å². The molecule has 2 aromatic carbocycles. The molecule has 2 aromatic rings. The molecule has 0 radical (unpaired) electrons. The van der Waals surface area contributed by atoms with Crippen LogP contribution in [0.5, 0.6) is 5.75 Å². The summed E-state index contributed by atoms with van der Waals surface area (Å²) >= 11 is 5.86. The maximum absolute atomic E-state index is 12.2. The molecule has 0 bridgehead atoms. The van der Waals surface area contributed by atoms with Crippen molar-refractivity contribution >= 4 is 27.3 Å². The summed E-state index contributed by atoms with van der Waals surface area (Å²) in [5.74, 6) is -0.128. The van der Waals surface area contributed by atoms with Gasteiger partial charge in [0.15, 0.2) is 0 Å². The SMILES string of the molecule is Cc1cc(S(=O)(=O)Nc2ccccc2O)ccc1Cl. The molecule has 2 N–H and O–H groups in total. The van der Waals surface area contributed by atoms with Crippen molar-refractivity contribution < 1.29 is 13.5 Å². The largest absolute Gasteiger partial charge is 0.506 e. The number of aryl methyl sites for hydroxylation is 1. The van der Waals surface area contributed by atoms with Gasteiger partial charge in [-0.2, -0.15) is 0 Å². The lowest BCUT2D eigenvalue weighted by atomic mass is 10.2. The van der Waals surface area contributed by atoms with Gasteiger partial charge in [0.25, 0.3) is 10.0 Å². The smallest absolute Gasteiger partial charge is 0.262 e. The summed E-state index contributed by atoms with van der Waals surface area (Å²) in [6.45, 7) is 1.72. The molecule has 0 saturated carbocycles. The van der Waals surface area contributed by atoms with Crippen LogP contribution in [0.25, 0.3) is 0 Å². The Kier molecular flexibility index (Phi) is 3.68. The Morgan fingerprint density at radius 3 is 2.47 bits per heavy atom. The molecule has 0 fully saturated rings. The number of aromatic hydroxyl groups is 1. The number of hydrogen-bond donors (Lipinski definition) is 2. The number of phenols is 1. The third-order valence-electron chi connectivity index (χ3n) is 2.59. The molecule has 4 nitrogen and oxygen atoms in total. The van der Waals surface area contributed by atoms with E-state index < -0.39 is 10.0 Å². The van der Waals surface area contributed by atoms with Gasteiger partial charge in [0.05, 0.1) is 10.6 Å². The molecule has 19 heavy (non-hydrogen) atoms. The van der Waals surface area contributed by atoms with Crippen molar-refractivity contribution in [3.8, 4) is 5.75 Å². The number of nitrogens with one attached hydrogen (secondary N) is 1. The van der Waals surface area contributed by atoms with Crippen molar-refractivity contribution in [1.29, 1.82) is 0 Å². The van der Waals surface area contributed by atoms with Crippen LogP contribution < -0.4 is 4.72 Å². The molecule has 0 aliphatic heterocycles. The predicted molar refractivity (Wildman–Crippen MR) is 75.1 cm³/mol.